The van der Waals surface area contributed by atoms with Gasteiger partial charge in [0, 0.05) is 26.9 Å². The van der Waals surface area contributed by atoms with Gasteiger partial charge in [0.05, 0.1) is 0 Å². The van der Waals surface area contributed by atoms with Crippen LogP contribution in [0.3, 0.4) is 0 Å². The summed E-state index contributed by atoms with van der Waals surface area (Å²) in [5, 5.41) is 4.85. The van der Waals surface area contributed by atoms with Crippen molar-refractivity contribution >= 4 is 11.8 Å². The molecule has 0 aliphatic carbocycles. The summed E-state index contributed by atoms with van der Waals surface area (Å²) in [5.74, 6) is -0.216. The fourth-order valence-corrected chi connectivity index (χ4v) is 0.477. The number of carbonyl (C=O) groups excluding carboxylic acids is 2. The van der Waals surface area contributed by atoms with Crippen LogP contribution in [0.15, 0.2) is 0 Å². The Hall–Kier alpha value is -1.06. The molecule has 0 rings (SSSR count). The van der Waals surface area contributed by atoms with E-state index in [0.717, 1.165) is 0 Å². The second-order valence-corrected chi connectivity index (χ2v) is 1.85. The van der Waals surface area contributed by atoms with Crippen LogP contribution in [0.4, 0.5) is 0 Å². The molecule has 0 aromatic heterocycles. The number of nitrogens with one attached hydrogen (secondary N) is 2. The van der Waals surface area contributed by atoms with Gasteiger partial charge in [0.15, 0.2) is 0 Å². The number of rotatable bonds is 3. The number of hydrogen-bond acceptors (Lipinski definition) is 2. The van der Waals surface area contributed by atoms with E-state index in [4.69, 9.17) is 0 Å². The van der Waals surface area contributed by atoms with Gasteiger partial charge in [-0.25, -0.2) is 0 Å². The Bertz CT molecular complexity index is 119. The highest BCUT2D eigenvalue weighted by Gasteiger charge is 2.01. The molecule has 0 saturated carbocycles. The van der Waals surface area contributed by atoms with Gasteiger partial charge in [-0.05, 0) is 0 Å². The first-order chi connectivity index (χ1) is 5.70. The lowest BCUT2D eigenvalue weighted by molar-refractivity contribution is -0.125. The van der Waals surface area contributed by atoms with E-state index in [2.05, 4.69) is 10.6 Å². The summed E-state index contributed by atoms with van der Waals surface area (Å²) < 4.78 is 0. The first-order valence-electron chi connectivity index (χ1n) is 4.12. The molecule has 0 heterocycles. The molecule has 0 saturated heterocycles. The lowest BCUT2D eigenvalue weighted by atomic mass is 10.3. The number of carbonyl (C=O) groups is 2. The largest absolute Gasteiger partial charge is 0.359 e. The van der Waals surface area contributed by atoms with Crippen LogP contribution in [0.5, 0.6) is 0 Å². The van der Waals surface area contributed by atoms with Gasteiger partial charge < -0.3 is 10.6 Å². The summed E-state index contributed by atoms with van der Waals surface area (Å²) in [6.07, 6.45) is 0.520. The Labute approximate surface area is 73.7 Å². The maximum Gasteiger partial charge on any atom is 0.220 e. The van der Waals surface area contributed by atoms with Crippen molar-refractivity contribution in [2.75, 3.05) is 14.1 Å². The van der Waals surface area contributed by atoms with Gasteiger partial charge in [-0.3, -0.25) is 9.59 Å². The summed E-state index contributed by atoms with van der Waals surface area (Å²) in [7, 11) is 3.10. The molecule has 2 amide bonds. The monoisotopic (exact) mass is 174 g/mol. The topological polar surface area (TPSA) is 58.2 Å². The van der Waals surface area contributed by atoms with Crippen LogP contribution in [0.25, 0.3) is 0 Å². The highest BCUT2D eigenvalue weighted by Crippen LogP contribution is 1.86. The molecule has 0 radical (unpaired) electrons. The molecule has 0 aliphatic rings. The Morgan fingerprint density at radius 1 is 0.917 bits per heavy atom. The lowest BCUT2D eigenvalue weighted by Crippen LogP contribution is -2.23. The fraction of sp³-hybridized carbons (Fsp3) is 0.750. The summed E-state index contributed by atoms with van der Waals surface area (Å²) in [4.78, 5) is 21.1. The Morgan fingerprint density at radius 2 is 1.17 bits per heavy atom. The van der Waals surface area contributed by atoms with Crippen LogP contribution >= 0.6 is 0 Å². The standard InChI is InChI=1S/C6H12N2O2.C2H6/c1-7-5(9)3-4-6(10)8-2;1-2/h3-4H2,1-2H3,(H,7,9)(H,8,10);1-2H3. The quantitative estimate of drug-likeness (QED) is 0.646. The summed E-state index contributed by atoms with van der Waals surface area (Å²) in [5.41, 5.74) is 0. The SMILES string of the molecule is CC.CNC(=O)CCC(=O)NC. The van der Waals surface area contributed by atoms with Gasteiger partial charge in [-0.1, -0.05) is 13.8 Å². The van der Waals surface area contributed by atoms with E-state index >= 15 is 0 Å². The molecular weight excluding hydrogens is 156 g/mol. The van der Waals surface area contributed by atoms with Gasteiger partial charge in [0.25, 0.3) is 0 Å². The maximum atomic E-state index is 10.5. The number of hydrogen-bond donors (Lipinski definition) is 2. The van der Waals surface area contributed by atoms with Crippen LogP contribution in [-0.4, -0.2) is 25.9 Å². The van der Waals surface area contributed by atoms with Gasteiger partial charge in [0.2, 0.25) is 11.8 Å². The molecule has 0 spiro atoms. The van der Waals surface area contributed by atoms with E-state index in [1.807, 2.05) is 13.8 Å². The van der Waals surface area contributed by atoms with Crippen LogP contribution in [0, 0.1) is 0 Å². The zero-order valence-corrected chi connectivity index (χ0v) is 8.23. The maximum absolute atomic E-state index is 10.5. The molecule has 4 heteroatoms. The minimum Gasteiger partial charge on any atom is -0.359 e. The molecular formula is C8H18N2O2. The molecule has 0 fully saturated rings. The Balaban J connectivity index is 0. The molecule has 72 valence electrons. The third-order valence-corrected chi connectivity index (χ3v) is 1.14. The van der Waals surface area contributed by atoms with Gasteiger partial charge in [-0.15, -0.1) is 0 Å². The third kappa shape index (κ3) is 8.94. The Kier molecular flexibility index (Phi) is 11.2. The first kappa shape index (κ1) is 13.5. The molecule has 0 bridgehead atoms. The summed E-state index contributed by atoms with van der Waals surface area (Å²) in [6, 6.07) is 0. The molecule has 0 unspecified atom stereocenters. The van der Waals surface area contributed by atoms with Gasteiger partial charge >= 0.3 is 0 Å². The van der Waals surface area contributed by atoms with E-state index in [-0.39, 0.29) is 24.7 Å². The van der Waals surface area contributed by atoms with Crippen molar-refractivity contribution in [3.63, 3.8) is 0 Å². The minimum absolute atomic E-state index is 0.108. The van der Waals surface area contributed by atoms with Crippen LogP contribution < -0.4 is 10.6 Å². The van der Waals surface area contributed by atoms with Crippen molar-refractivity contribution < 1.29 is 9.59 Å². The normalized spacial score (nSPS) is 7.67. The van der Waals surface area contributed by atoms with Crippen molar-refractivity contribution in [3.8, 4) is 0 Å². The molecule has 0 aromatic carbocycles. The zero-order valence-electron chi connectivity index (χ0n) is 8.23. The predicted molar refractivity (Wildman–Crippen MR) is 48.7 cm³/mol. The van der Waals surface area contributed by atoms with Crippen molar-refractivity contribution in [2.24, 2.45) is 0 Å². The van der Waals surface area contributed by atoms with Crippen LogP contribution in [0.1, 0.15) is 26.7 Å². The zero-order chi connectivity index (χ0) is 9.98. The van der Waals surface area contributed by atoms with E-state index < -0.39 is 0 Å². The second kappa shape index (κ2) is 9.94. The van der Waals surface area contributed by atoms with E-state index in [1.54, 1.807) is 14.1 Å². The van der Waals surface area contributed by atoms with E-state index in [0.29, 0.717) is 0 Å². The summed E-state index contributed by atoms with van der Waals surface area (Å²) in [6.45, 7) is 4.00. The lowest BCUT2D eigenvalue weighted by Gasteiger charge is -1.97. The van der Waals surface area contributed by atoms with E-state index in [9.17, 15) is 9.59 Å². The molecule has 0 atom stereocenters. The van der Waals surface area contributed by atoms with Crippen molar-refractivity contribution in [2.45, 2.75) is 26.7 Å². The predicted octanol–water partition coefficient (Wildman–Crippen LogP) is 0.285. The third-order valence-electron chi connectivity index (χ3n) is 1.14. The average molecular weight is 174 g/mol. The molecule has 12 heavy (non-hydrogen) atoms. The van der Waals surface area contributed by atoms with Crippen LogP contribution in [0.2, 0.25) is 0 Å². The Morgan fingerprint density at radius 3 is 1.33 bits per heavy atom. The smallest absolute Gasteiger partial charge is 0.220 e. The minimum atomic E-state index is -0.108. The highest BCUT2D eigenvalue weighted by atomic mass is 16.2. The van der Waals surface area contributed by atoms with Crippen molar-refractivity contribution in [1.29, 1.82) is 0 Å². The average Bonchev–Trinajstić information content (AvgIpc) is 2.16. The molecule has 0 aromatic rings. The van der Waals surface area contributed by atoms with E-state index in [1.165, 1.54) is 0 Å². The molecule has 0 aliphatic heterocycles. The van der Waals surface area contributed by atoms with Crippen molar-refractivity contribution in [1.82, 2.24) is 10.6 Å². The van der Waals surface area contributed by atoms with Crippen molar-refractivity contribution in [3.05, 3.63) is 0 Å². The van der Waals surface area contributed by atoms with Gasteiger partial charge in [0.1, 0.15) is 0 Å². The summed E-state index contributed by atoms with van der Waals surface area (Å²) >= 11 is 0. The second-order valence-electron chi connectivity index (χ2n) is 1.85. The molecule has 4 nitrogen and oxygen atoms in total. The number of amides is 2. The highest BCUT2D eigenvalue weighted by molar-refractivity contribution is 5.83. The first-order valence-corrected chi connectivity index (χ1v) is 4.12. The van der Waals surface area contributed by atoms with Gasteiger partial charge in [-0.2, -0.15) is 0 Å². The molecule has 2 N–H and O–H groups in total. The fourth-order valence-electron chi connectivity index (χ4n) is 0.477. The van der Waals surface area contributed by atoms with Crippen LogP contribution in [-0.2, 0) is 9.59 Å².